The second-order valence-electron chi connectivity index (χ2n) is 14.2. The van der Waals surface area contributed by atoms with Gasteiger partial charge in [-0.15, -0.1) is 6.58 Å². The fourth-order valence-corrected chi connectivity index (χ4v) is 8.79. The molecule has 13 unspecified atom stereocenters. The van der Waals surface area contributed by atoms with Crippen molar-refractivity contribution in [3.8, 4) is 0 Å². The van der Waals surface area contributed by atoms with Crippen LogP contribution in [0.25, 0.3) is 0 Å². The highest BCUT2D eigenvalue weighted by Gasteiger charge is 2.60. The molecule has 42 heavy (non-hydrogen) atoms. The molecule has 4 fully saturated rings. The van der Waals surface area contributed by atoms with E-state index in [2.05, 4.69) is 40.3 Å². The first-order valence-electron chi connectivity index (χ1n) is 15.5. The van der Waals surface area contributed by atoms with E-state index in [4.69, 9.17) is 23.7 Å². The molecule has 10 nitrogen and oxygen atoms in total. The van der Waals surface area contributed by atoms with E-state index in [1.807, 2.05) is 6.08 Å². The Morgan fingerprint density at radius 1 is 1.07 bits per heavy atom. The molecular weight excluding hydrogens is 544 g/mol. The summed E-state index contributed by atoms with van der Waals surface area (Å²) < 4.78 is 29.7. The third-order valence-corrected chi connectivity index (χ3v) is 11.2. The molecule has 2 aliphatic heterocycles. The zero-order chi connectivity index (χ0) is 30.6. The molecule has 3 aliphatic carbocycles. The number of ether oxygens (including phenoxy) is 5. The molecule has 5 aliphatic rings. The van der Waals surface area contributed by atoms with Gasteiger partial charge in [-0.2, -0.15) is 0 Å². The van der Waals surface area contributed by atoms with Crippen molar-refractivity contribution in [2.75, 3.05) is 13.2 Å². The predicted molar refractivity (Wildman–Crippen MR) is 152 cm³/mol. The number of carbonyl (C=O) groups is 1. The molecule has 0 amide bonds. The quantitative estimate of drug-likeness (QED) is 0.256. The third kappa shape index (κ3) is 5.62. The maximum Gasteiger partial charge on any atom is 0.302 e. The van der Waals surface area contributed by atoms with Crippen molar-refractivity contribution in [2.45, 2.75) is 128 Å². The molecule has 0 aromatic carbocycles. The molecule has 0 bridgehead atoms. The van der Waals surface area contributed by atoms with Crippen LogP contribution < -0.4 is 0 Å². The van der Waals surface area contributed by atoms with E-state index in [0.717, 1.165) is 32.1 Å². The minimum atomic E-state index is -1.21. The van der Waals surface area contributed by atoms with Crippen LogP contribution in [-0.2, 0) is 28.5 Å². The van der Waals surface area contributed by atoms with E-state index < -0.39 is 54.5 Å². The summed E-state index contributed by atoms with van der Waals surface area (Å²) in [6, 6.07) is 0. The Morgan fingerprint density at radius 3 is 2.40 bits per heavy atom. The van der Waals surface area contributed by atoms with Gasteiger partial charge in [0.05, 0.1) is 25.4 Å². The Morgan fingerprint density at radius 2 is 1.79 bits per heavy atom. The van der Waals surface area contributed by atoms with Gasteiger partial charge in [0.2, 0.25) is 0 Å². The number of esters is 1. The topological polar surface area (TPSA) is 144 Å². The van der Waals surface area contributed by atoms with Gasteiger partial charge in [-0.25, -0.2) is 0 Å². The maximum absolute atomic E-state index is 11.4. The zero-order valence-electron chi connectivity index (χ0n) is 25.6. The summed E-state index contributed by atoms with van der Waals surface area (Å²) in [5.74, 6) is 0.178. The molecule has 238 valence electrons. The van der Waals surface area contributed by atoms with Crippen molar-refractivity contribution in [3.63, 3.8) is 0 Å². The lowest BCUT2D eigenvalue weighted by Crippen LogP contribution is -2.58. The average Bonchev–Trinajstić information content (AvgIpc) is 3.20. The second-order valence-corrected chi connectivity index (χ2v) is 14.2. The van der Waals surface area contributed by atoms with E-state index in [1.165, 1.54) is 12.5 Å². The fourth-order valence-electron chi connectivity index (χ4n) is 8.79. The second kappa shape index (κ2) is 11.9. The van der Waals surface area contributed by atoms with Gasteiger partial charge in [-0.1, -0.05) is 45.4 Å². The van der Waals surface area contributed by atoms with E-state index in [1.54, 1.807) is 0 Å². The Kier molecular flexibility index (Phi) is 9.04. The van der Waals surface area contributed by atoms with Crippen LogP contribution in [0.2, 0.25) is 0 Å². The first kappa shape index (κ1) is 32.0. The van der Waals surface area contributed by atoms with Gasteiger partial charge < -0.3 is 44.1 Å². The highest BCUT2D eigenvalue weighted by atomic mass is 16.7. The molecule has 13 atom stereocenters. The zero-order valence-corrected chi connectivity index (χ0v) is 25.6. The van der Waals surface area contributed by atoms with Crippen molar-refractivity contribution in [1.82, 2.24) is 0 Å². The highest BCUT2D eigenvalue weighted by Crippen LogP contribution is 2.64. The molecule has 10 heteroatoms. The van der Waals surface area contributed by atoms with Gasteiger partial charge in [0.15, 0.2) is 12.6 Å². The lowest BCUT2D eigenvalue weighted by Gasteiger charge is -2.62. The van der Waals surface area contributed by atoms with Gasteiger partial charge in [0.25, 0.3) is 0 Å². The summed E-state index contributed by atoms with van der Waals surface area (Å²) in [5.41, 5.74) is 0.718. The van der Waals surface area contributed by atoms with Crippen LogP contribution >= 0.6 is 0 Å². The molecule has 0 radical (unpaired) electrons. The normalized spacial score (nSPS) is 48.5. The van der Waals surface area contributed by atoms with Crippen LogP contribution in [0.5, 0.6) is 0 Å². The lowest BCUT2D eigenvalue weighted by atomic mass is 9.44. The average molecular weight is 595 g/mol. The standard InChI is InChI=1S/C32H50O10/c1-7-31(5)14-18-8-9-23-30(3,4)24(41-29-27(37)26(36)22(15-33)40-29)10-11-32(23,6)20(18)13-25(31)42-28-21(35)12-19(16-38-28)39-17(2)34/h7,14,19-29,33,35-37H,1,8-13,15-16H2,2-6H3. The SMILES string of the molecule is C=CC1(C)C=C2CCC3C(C)(C)C(OC4OC(CO)C(O)C4O)CCC3(C)C2CC1OC1OCC(OC(C)=O)CC1O. The predicted octanol–water partition coefficient (Wildman–Crippen LogP) is 2.61. The molecule has 2 saturated carbocycles. The number of carbonyl (C=O) groups excluding carboxylic acids is 1. The van der Waals surface area contributed by atoms with Crippen LogP contribution in [0.3, 0.4) is 0 Å². The van der Waals surface area contributed by atoms with Gasteiger partial charge in [0.1, 0.15) is 30.5 Å². The van der Waals surface area contributed by atoms with Crippen molar-refractivity contribution in [2.24, 2.45) is 28.1 Å². The number of hydrogen-bond acceptors (Lipinski definition) is 10. The first-order chi connectivity index (χ1) is 19.7. The van der Waals surface area contributed by atoms with Crippen LogP contribution in [0, 0.1) is 28.1 Å². The van der Waals surface area contributed by atoms with E-state index in [9.17, 15) is 25.2 Å². The summed E-state index contributed by atoms with van der Waals surface area (Å²) in [6.07, 6.45) is 2.01. The first-order valence-corrected chi connectivity index (χ1v) is 15.5. The van der Waals surface area contributed by atoms with Crippen LogP contribution in [-0.4, -0.2) is 94.9 Å². The number of fused-ring (bicyclic) bond motifs is 3. The van der Waals surface area contributed by atoms with Gasteiger partial charge in [0, 0.05) is 18.8 Å². The maximum atomic E-state index is 11.4. The molecular formula is C32H50O10. The van der Waals surface area contributed by atoms with Crippen molar-refractivity contribution in [1.29, 1.82) is 0 Å². The third-order valence-electron chi connectivity index (χ3n) is 11.2. The molecule has 0 spiro atoms. The smallest absolute Gasteiger partial charge is 0.302 e. The summed E-state index contributed by atoms with van der Waals surface area (Å²) >= 11 is 0. The summed E-state index contributed by atoms with van der Waals surface area (Å²) in [4.78, 5) is 11.4. The monoisotopic (exact) mass is 594 g/mol. The van der Waals surface area contributed by atoms with Crippen molar-refractivity contribution in [3.05, 3.63) is 24.3 Å². The Labute approximate surface area is 249 Å². The van der Waals surface area contributed by atoms with E-state index >= 15 is 0 Å². The Hall–Kier alpha value is -1.37. The fraction of sp³-hybridized carbons (Fsp3) is 0.844. The molecule has 2 saturated heterocycles. The van der Waals surface area contributed by atoms with Gasteiger partial charge in [-0.3, -0.25) is 4.79 Å². The largest absolute Gasteiger partial charge is 0.460 e. The lowest BCUT2D eigenvalue weighted by molar-refractivity contribution is -0.269. The number of rotatable bonds is 7. The van der Waals surface area contributed by atoms with Gasteiger partial charge in [-0.05, 0) is 54.8 Å². The van der Waals surface area contributed by atoms with Crippen molar-refractivity contribution < 1.29 is 48.9 Å². The Balaban J connectivity index is 1.32. The summed E-state index contributed by atoms with van der Waals surface area (Å²) in [7, 11) is 0. The van der Waals surface area contributed by atoms with Crippen molar-refractivity contribution >= 4 is 5.97 Å². The molecule has 0 aromatic rings. The van der Waals surface area contributed by atoms with Crippen LogP contribution in [0.1, 0.15) is 73.1 Å². The summed E-state index contributed by atoms with van der Waals surface area (Å²) in [6.45, 7) is 14.2. The molecule has 0 aromatic heterocycles. The minimum absolute atomic E-state index is 0.0354. The highest BCUT2D eigenvalue weighted by molar-refractivity contribution is 5.66. The van der Waals surface area contributed by atoms with Crippen LogP contribution in [0.15, 0.2) is 24.3 Å². The number of aliphatic hydroxyl groups is 4. The molecule has 5 rings (SSSR count). The molecule has 4 N–H and O–H groups in total. The Bertz CT molecular complexity index is 1040. The number of hydrogen-bond donors (Lipinski definition) is 4. The summed E-state index contributed by atoms with van der Waals surface area (Å²) in [5, 5.41) is 41.1. The van der Waals surface area contributed by atoms with E-state index in [-0.39, 0.29) is 48.6 Å². The van der Waals surface area contributed by atoms with Gasteiger partial charge >= 0.3 is 5.97 Å². The van der Waals surface area contributed by atoms with Crippen LogP contribution in [0.4, 0.5) is 0 Å². The number of allylic oxidation sites excluding steroid dienone is 1. The minimum Gasteiger partial charge on any atom is -0.460 e. The number of aliphatic hydroxyl groups excluding tert-OH is 4. The van der Waals surface area contributed by atoms with E-state index in [0.29, 0.717) is 5.92 Å². The molecule has 2 heterocycles.